The summed E-state index contributed by atoms with van der Waals surface area (Å²) in [6.07, 6.45) is -0.924. The second kappa shape index (κ2) is 6.98. The molecule has 2 aromatic carbocycles. The minimum Gasteiger partial charge on any atom is -0.387 e. The first-order valence-corrected chi connectivity index (χ1v) is 8.66. The van der Waals surface area contributed by atoms with E-state index in [1.807, 2.05) is 6.07 Å². The number of rotatable bonds is 5. The minimum atomic E-state index is -3.81. The van der Waals surface area contributed by atoms with Crippen LogP contribution in [0.5, 0.6) is 0 Å². The fourth-order valence-corrected chi connectivity index (χ4v) is 3.89. The Bertz CT molecular complexity index is 751. The van der Waals surface area contributed by atoms with Crippen LogP contribution in [-0.2, 0) is 10.0 Å². The molecule has 0 spiro atoms. The normalized spacial score (nSPS) is 13.3. The van der Waals surface area contributed by atoms with E-state index in [1.165, 1.54) is 25.2 Å². The number of hydrogen-bond acceptors (Lipinski definition) is 3. The van der Waals surface area contributed by atoms with Crippen LogP contribution < -0.4 is 0 Å². The van der Waals surface area contributed by atoms with Crippen molar-refractivity contribution in [2.45, 2.75) is 11.0 Å². The fraction of sp³-hybridized carbons (Fsp3) is 0.200. The highest BCUT2D eigenvalue weighted by atomic mass is 35.5. The number of nitrogens with zero attached hydrogens (tertiary/aromatic N) is 1. The quantitative estimate of drug-likeness (QED) is 0.890. The monoisotopic (exact) mass is 359 g/mol. The van der Waals surface area contributed by atoms with Gasteiger partial charge in [0.25, 0.3) is 0 Å². The van der Waals surface area contributed by atoms with E-state index >= 15 is 0 Å². The molecule has 2 aromatic rings. The van der Waals surface area contributed by atoms with Gasteiger partial charge >= 0.3 is 0 Å². The molecule has 22 heavy (non-hydrogen) atoms. The molecule has 2 rings (SSSR count). The zero-order valence-corrected chi connectivity index (χ0v) is 14.1. The summed E-state index contributed by atoms with van der Waals surface area (Å²) in [5, 5.41) is 10.6. The van der Waals surface area contributed by atoms with Gasteiger partial charge in [-0.05, 0) is 23.8 Å². The van der Waals surface area contributed by atoms with Crippen molar-refractivity contribution in [3.05, 3.63) is 64.1 Å². The van der Waals surface area contributed by atoms with E-state index in [0.717, 1.165) is 4.31 Å². The first-order valence-electron chi connectivity index (χ1n) is 6.47. The summed E-state index contributed by atoms with van der Waals surface area (Å²) >= 11 is 11.7. The van der Waals surface area contributed by atoms with Crippen molar-refractivity contribution in [1.82, 2.24) is 4.31 Å². The van der Waals surface area contributed by atoms with Gasteiger partial charge in [0.05, 0.1) is 11.1 Å². The summed E-state index contributed by atoms with van der Waals surface area (Å²) < 4.78 is 26.1. The van der Waals surface area contributed by atoms with Crippen LogP contribution in [0.3, 0.4) is 0 Å². The zero-order chi connectivity index (χ0) is 16.3. The molecule has 0 saturated heterocycles. The molecule has 0 aliphatic rings. The lowest BCUT2D eigenvalue weighted by Crippen LogP contribution is -2.31. The molecule has 1 N–H and O–H groups in total. The molecule has 0 aliphatic carbocycles. The van der Waals surface area contributed by atoms with E-state index in [1.54, 1.807) is 24.3 Å². The molecule has 4 nitrogen and oxygen atoms in total. The van der Waals surface area contributed by atoms with E-state index in [-0.39, 0.29) is 16.5 Å². The number of benzene rings is 2. The lowest BCUT2D eigenvalue weighted by Gasteiger charge is -2.21. The number of halogens is 2. The van der Waals surface area contributed by atoms with Gasteiger partial charge in [0.15, 0.2) is 0 Å². The average Bonchev–Trinajstić information content (AvgIpc) is 2.47. The van der Waals surface area contributed by atoms with E-state index in [4.69, 9.17) is 23.2 Å². The second-order valence-electron chi connectivity index (χ2n) is 4.79. The topological polar surface area (TPSA) is 57.6 Å². The number of hydrogen-bond donors (Lipinski definition) is 1. The van der Waals surface area contributed by atoms with Crippen LogP contribution in [-0.4, -0.2) is 31.4 Å². The van der Waals surface area contributed by atoms with Gasteiger partial charge in [-0.2, -0.15) is 4.31 Å². The van der Waals surface area contributed by atoms with Crippen LogP contribution in [0.25, 0.3) is 0 Å². The molecule has 0 aromatic heterocycles. The first kappa shape index (κ1) is 17.2. The zero-order valence-electron chi connectivity index (χ0n) is 11.8. The summed E-state index contributed by atoms with van der Waals surface area (Å²) in [7, 11) is -2.41. The lowest BCUT2D eigenvalue weighted by molar-refractivity contribution is 0.155. The molecule has 0 heterocycles. The van der Waals surface area contributed by atoms with Crippen molar-refractivity contribution in [2.24, 2.45) is 0 Å². The van der Waals surface area contributed by atoms with Gasteiger partial charge in [-0.25, -0.2) is 8.42 Å². The van der Waals surface area contributed by atoms with Crippen molar-refractivity contribution in [2.75, 3.05) is 13.6 Å². The van der Waals surface area contributed by atoms with Gasteiger partial charge in [-0.3, -0.25) is 0 Å². The number of sulfonamides is 1. The van der Waals surface area contributed by atoms with Crippen molar-refractivity contribution in [3.8, 4) is 0 Å². The van der Waals surface area contributed by atoms with Crippen LogP contribution >= 0.6 is 23.2 Å². The van der Waals surface area contributed by atoms with Gasteiger partial charge in [-0.1, -0.05) is 53.5 Å². The second-order valence-corrected chi connectivity index (χ2v) is 7.64. The predicted octanol–water partition coefficient (Wildman–Crippen LogP) is 3.35. The summed E-state index contributed by atoms with van der Waals surface area (Å²) in [6, 6.07) is 13.0. The Labute approximate surface area is 140 Å². The fourth-order valence-electron chi connectivity index (χ4n) is 1.97. The lowest BCUT2D eigenvalue weighted by atomic mass is 10.1. The third-order valence-corrected chi connectivity index (χ3v) is 5.74. The molecule has 0 amide bonds. The summed E-state index contributed by atoms with van der Waals surface area (Å²) in [6.45, 7) is -0.0781. The Morgan fingerprint density at radius 3 is 2.36 bits per heavy atom. The van der Waals surface area contributed by atoms with Crippen molar-refractivity contribution >= 4 is 33.2 Å². The van der Waals surface area contributed by atoms with Crippen LogP contribution in [0.15, 0.2) is 53.4 Å². The van der Waals surface area contributed by atoms with Gasteiger partial charge in [0.2, 0.25) is 10.0 Å². The third-order valence-electron chi connectivity index (χ3n) is 3.20. The Morgan fingerprint density at radius 2 is 1.77 bits per heavy atom. The minimum absolute atomic E-state index is 0.0404. The molecule has 0 radical (unpaired) electrons. The molecule has 118 valence electrons. The molecule has 0 bridgehead atoms. The van der Waals surface area contributed by atoms with Crippen LogP contribution in [0.1, 0.15) is 11.7 Å². The maximum Gasteiger partial charge on any atom is 0.244 e. The van der Waals surface area contributed by atoms with E-state index in [9.17, 15) is 13.5 Å². The molecular formula is C15H15Cl2NO3S. The summed E-state index contributed by atoms with van der Waals surface area (Å²) in [4.78, 5) is -0.0404. The van der Waals surface area contributed by atoms with Gasteiger partial charge in [0, 0.05) is 18.6 Å². The van der Waals surface area contributed by atoms with Crippen LogP contribution in [0, 0.1) is 0 Å². The molecule has 1 atom stereocenters. The smallest absolute Gasteiger partial charge is 0.244 e. The molecule has 0 fully saturated rings. The first-order chi connectivity index (χ1) is 10.3. The van der Waals surface area contributed by atoms with Gasteiger partial charge < -0.3 is 5.11 Å². The van der Waals surface area contributed by atoms with Crippen LogP contribution in [0.4, 0.5) is 0 Å². The SMILES string of the molecule is CN(CC(O)c1ccccc1)S(=O)(=O)c1ccc(Cl)cc1Cl. The van der Waals surface area contributed by atoms with Crippen molar-refractivity contribution in [1.29, 1.82) is 0 Å². The van der Waals surface area contributed by atoms with Crippen LogP contribution in [0.2, 0.25) is 10.0 Å². The molecular weight excluding hydrogens is 345 g/mol. The predicted molar refractivity (Wildman–Crippen MR) is 87.7 cm³/mol. The average molecular weight is 360 g/mol. The Balaban J connectivity index is 2.22. The van der Waals surface area contributed by atoms with Gasteiger partial charge in [-0.15, -0.1) is 0 Å². The van der Waals surface area contributed by atoms with E-state index < -0.39 is 16.1 Å². The van der Waals surface area contributed by atoms with E-state index in [2.05, 4.69) is 0 Å². The maximum atomic E-state index is 12.5. The largest absolute Gasteiger partial charge is 0.387 e. The molecule has 7 heteroatoms. The highest BCUT2D eigenvalue weighted by Gasteiger charge is 2.25. The standard InChI is InChI=1S/C15H15Cl2NO3S/c1-18(10-14(19)11-5-3-2-4-6-11)22(20,21)15-8-7-12(16)9-13(15)17/h2-9,14,19H,10H2,1H3. The van der Waals surface area contributed by atoms with E-state index in [0.29, 0.717) is 10.6 Å². The highest BCUT2D eigenvalue weighted by Crippen LogP contribution is 2.28. The van der Waals surface area contributed by atoms with Crippen molar-refractivity contribution < 1.29 is 13.5 Å². The Kier molecular flexibility index (Phi) is 5.47. The number of aliphatic hydroxyl groups is 1. The Morgan fingerprint density at radius 1 is 1.14 bits per heavy atom. The number of likely N-dealkylation sites (N-methyl/N-ethyl adjacent to an activating group) is 1. The maximum absolute atomic E-state index is 12.5. The molecule has 0 aliphatic heterocycles. The molecule has 0 saturated carbocycles. The summed E-state index contributed by atoms with van der Waals surface area (Å²) in [5.74, 6) is 0. The number of aliphatic hydroxyl groups excluding tert-OH is 1. The third kappa shape index (κ3) is 3.80. The van der Waals surface area contributed by atoms with Gasteiger partial charge in [0.1, 0.15) is 4.90 Å². The highest BCUT2D eigenvalue weighted by molar-refractivity contribution is 7.89. The molecule has 1 unspecified atom stereocenters. The Hall–Kier alpha value is -1.11. The summed E-state index contributed by atoms with van der Waals surface area (Å²) in [5.41, 5.74) is 0.645. The van der Waals surface area contributed by atoms with Crippen molar-refractivity contribution in [3.63, 3.8) is 0 Å².